The number of hydrogen-bond donors (Lipinski definition) is 1. The zero-order chi connectivity index (χ0) is 15.5. The molecule has 0 radical (unpaired) electrons. The van der Waals surface area contributed by atoms with Crippen molar-refractivity contribution in [3.8, 4) is 0 Å². The monoisotopic (exact) mass is 298 g/mol. The summed E-state index contributed by atoms with van der Waals surface area (Å²) >= 11 is 0. The molecule has 6 nitrogen and oxygen atoms in total. The van der Waals surface area contributed by atoms with Crippen LogP contribution < -0.4 is 4.90 Å². The number of hydrogen-bond acceptors (Lipinski definition) is 6. The number of nitrogens with zero attached hydrogens (tertiary/aromatic N) is 4. The van der Waals surface area contributed by atoms with Crippen LogP contribution in [0.3, 0.4) is 0 Å². The molecule has 6 heteroatoms. The van der Waals surface area contributed by atoms with Gasteiger partial charge in [0.1, 0.15) is 6.33 Å². The molecule has 0 bridgehead atoms. The van der Waals surface area contributed by atoms with Gasteiger partial charge in [-0.25, -0.2) is 9.97 Å². The second kappa shape index (κ2) is 6.11. The molecule has 0 aliphatic heterocycles. The average molecular weight is 298 g/mol. The number of aromatic nitrogens is 3. The minimum Gasteiger partial charge on any atom is -0.422 e. The van der Waals surface area contributed by atoms with Crippen LogP contribution in [0.15, 0.2) is 41.1 Å². The molecule has 3 aromatic rings. The van der Waals surface area contributed by atoms with E-state index in [9.17, 15) is 5.11 Å². The molecule has 0 unspecified atom stereocenters. The molecule has 3 rings (SSSR count). The predicted octanol–water partition coefficient (Wildman–Crippen LogP) is 2.49. The molecule has 0 amide bonds. The van der Waals surface area contributed by atoms with E-state index >= 15 is 0 Å². The number of aliphatic hydroxyl groups excluding tert-OH is 1. The van der Waals surface area contributed by atoms with Crippen molar-refractivity contribution in [3.63, 3.8) is 0 Å². The molecule has 1 aromatic carbocycles. The fourth-order valence-electron chi connectivity index (χ4n) is 2.39. The molecule has 0 saturated heterocycles. The lowest BCUT2D eigenvalue weighted by atomic mass is 10.1. The molecule has 0 aliphatic carbocycles. The predicted molar refractivity (Wildman–Crippen MR) is 83.6 cm³/mol. The van der Waals surface area contributed by atoms with E-state index in [0.29, 0.717) is 35.9 Å². The van der Waals surface area contributed by atoms with Crippen LogP contribution in [-0.2, 0) is 0 Å². The Morgan fingerprint density at radius 3 is 2.77 bits per heavy atom. The number of oxazole rings is 1. The third-order valence-electron chi connectivity index (χ3n) is 3.57. The largest absolute Gasteiger partial charge is 0.422 e. The smallest absolute Gasteiger partial charge is 0.252 e. The standard InChI is InChI=1S/C16H18N4O2/c1-11-19-14-15(17-10-18-16(14)22-11)20(2)9-8-13(21)12-6-4-3-5-7-12/h3-7,10,13,21H,8-9H2,1-2H3/t13-/m1/s1. The van der Waals surface area contributed by atoms with Gasteiger partial charge >= 0.3 is 0 Å². The highest BCUT2D eigenvalue weighted by Gasteiger charge is 2.15. The van der Waals surface area contributed by atoms with Gasteiger partial charge in [-0.05, 0) is 12.0 Å². The van der Waals surface area contributed by atoms with Crippen molar-refractivity contribution >= 4 is 17.0 Å². The van der Waals surface area contributed by atoms with E-state index in [-0.39, 0.29) is 0 Å². The Hall–Kier alpha value is -2.47. The van der Waals surface area contributed by atoms with Crippen LogP contribution in [0.4, 0.5) is 5.82 Å². The van der Waals surface area contributed by atoms with E-state index in [1.807, 2.05) is 42.3 Å². The second-order valence-electron chi connectivity index (χ2n) is 5.22. The quantitative estimate of drug-likeness (QED) is 0.780. The van der Waals surface area contributed by atoms with Crippen LogP contribution in [0, 0.1) is 6.92 Å². The molecule has 22 heavy (non-hydrogen) atoms. The number of aryl methyl sites for hydroxylation is 1. The fraction of sp³-hybridized carbons (Fsp3) is 0.312. The molecular formula is C16H18N4O2. The Bertz CT molecular complexity index is 757. The topological polar surface area (TPSA) is 75.3 Å². The Kier molecular flexibility index (Phi) is 4.02. The van der Waals surface area contributed by atoms with Crippen molar-refractivity contribution in [1.29, 1.82) is 0 Å². The molecule has 0 spiro atoms. The Balaban J connectivity index is 1.72. The maximum absolute atomic E-state index is 10.2. The van der Waals surface area contributed by atoms with Crippen molar-refractivity contribution in [1.82, 2.24) is 15.0 Å². The van der Waals surface area contributed by atoms with Crippen LogP contribution >= 0.6 is 0 Å². The Morgan fingerprint density at radius 2 is 2.00 bits per heavy atom. The van der Waals surface area contributed by atoms with Crippen molar-refractivity contribution in [2.45, 2.75) is 19.4 Å². The van der Waals surface area contributed by atoms with E-state index in [1.165, 1.54) is 6.33 Å². The zero-order valence-corrected chi connectivity index (χ0v) is 12.6. The molecule has 0 saturated carbocycles. The van der Waals surface area contributed by atoms with Gasteiger partial charge in [0.05, 0.1) is 6.10 Å². The van der Waals surface area contributed by atoms with E-state index in [0.717, 1.165) is 5.56 Å². The van der Waals surface area contributed by atoms with Crippen molar-refractivity contribution in [2.24, 2.45) is 0 Å². The highest BCUT2D eigenvalue weighted by Crippen LogP contribution is 2.23. The van der Waals surface area contributed by atoms with Gasteiger partial charge in [-0.15, -0.1) is 0 Å². The van der Waals surface area contributed by atoms with Crippen LogP contribution in [0.1, 0.15) is 24.0 Å². The van der Waals surface area contributed by atoms with Gasteiger partial charge in [-0.3, -0.25) is 0 Å². The van der Waals surface area contributed by atoms with Crippen LogP contribution in [0.25, 0.3) is 11.2 Å². The second-order valence-corrected chi connectivity index (χ2v) is 5.22. The summed E-state index contributed by atoms with van der Waals surface area (Å²) < 4.78 is 5.42. The van der Waals surface area contributed by atoms with Gasteiger partial charge in [-0.2, -0.15) is 4.98 Å². The highest BCUT2D eigenvalue weighted by atomic mass is 16.4. The first-order valence-electron chi connectivity index (χ1n) is 7.17. The van der Waals surface area contributed by atoms with E-state index in [4.69, 9.17) is 4.42 Å². The van der Waals surface area contributed by atoms with E-state index < -0.39 is 6.10 Å². The third-order valence-corrected chi connectivity index (χ3v) is 3.57. The lowest BCUT2D eigenvalue weighted by molar-refractivity contribution is 0.170. The number of rotatable bonds is 5. The number of fused-ring (bicyclic) bond motifs is 1. The van der Waals surface area contributed by atoms with Crippen molar-refractivity contribution < 1.29 is 9.52 Å². The normalized spacial score (nSPS) is 12.5. The molecule has 0 fully saturated rings. The van der Waals surface area contributed by atoms with E-state index in [1.54, 1.807) is 6.92 Å². The maximum atomic E-state index is 10.2. The Labute approximate surface area is 128 Å². The van der Waals surface area contributed by atoms with Gasteiger partial charge < -0.3 is 14.4 Å². The summed E-state index contributed by atoms with van der Waals surface area (Å²) in [7, 11) is 1.92. The molecule has 1 N–H and O–H groups in total. The number of anilines is 1. The summed E-state index contributed by atoms with van der Waals surface area (Å²) in [6.07, 6.45) is 1.56. The minimum absolute atomic E-state index is 0.484. The van der Waals surface area contributed by atoms with Crippen molar-refractivity contribution in [2.75, 3.05) is 18.5 Å². The van der Waals surface area contributed by atoms with Crippen LogP contribution in [0.5, 0.6) is 0 Å². The summed E-state index contributed by atoms with van der Waals surface area (Å²) in [5, 5.41) is 10.2. The summed E-state index contributed by atoms with van der Waals surface area (Å²) in [5.41, 5.74) is 2.05. The minimum atomic E-state index is -0.500. The lowest BCUT2D eigenvalue weighted by Crippen LogP contribution is -2.22. The first-order valence-corrected chi connectivity index (χ1v) is 7.17. The lowest BCUT2D eigenvalue weighted by Gasteiger charge is -2.20. The molecule has 114 valence electrons. The van der Waals surface area contributed by atoms with Crippen molar-refractivity contribution in [3.05, 3.63) is 48.1 Å². The SMILES string of the molecule is Cc1nc2c(N(C)CC[C@@H](O)c3ccccc3)ncnc2o1. The van der Waals surface area contributed by atoms with Gasteiger partial charge in [0.2, 0.25) is 0 Å². The van der Waals surface area contributed by atoms with Gasteiger partial charge in [0.25, 0.3) is 5.71 Å². The van der Waals surface area contributed by atoms with Gasteiger partial charge in [0, 0.05) is 20.5 Å². The van der Waals surface area contributed by atoms with Gasteiger partial charge in [0.15, 0.2) is 17.2 Å². The molecule has 1 atom stereocenters. The maximum Gasteiger partial charge on any atom is 0.252 e. The Morgan fingerprint density at radius 1 is 1.23 bits per heavy atom. The molecular weight excluding hydrogens is 280 g/mol. The molecule has 2 aromatic heterocycles. The molecule has 2 heterocycles. The average Bonchev–Trinajstić information content (AvgIpc) is 2.93. The van der Waals surface area contributed by atoms with Gasteiger partial charge in [-0.1, -0.05) is 30.3 Å². The first-order chi connectivity index (χ1) is 10.6. The number of aliphatic hydroxyl groups is 1. The zero-order valence-electron chi connectivity index (χ0n) is 12.6. The summed E-state index contributed by atoms with van der Waals surface area (Å²) in [5.74, 6) is 1.27. The first kappa shape index (κ1) is 14.5. The molecule has 0 aliphatic rings. The van der Waals surface area contributed by atoms with Crippen LogP contribution in [-0.4, -0.2) is 33.7 Å². The highest BCUT2D eigenvalue weighted by molar-refractivity contribution is 5.81. The van der Waals surface area contributed by atoms with E-state index in [2.05, 4.69) is 15.0 Å². The number of benzene rings is 1. The summed E-state index contributed by atoms with van der Waals surface area (Å²) in [6.45, 7) is 2.43. The third kappa shape index (κ3) is 2.92. The summed E-state index contributed by atoms with van der Waals surface area (Å²) in [6, 6.07) is 9.64. The fourth-order valence-corrected chi connectivity index (χ4v) is 2.39. The van der Waals surface area contributed by atoms with Crippen LogP contribution in [0.2, 0.25) is 0 Å². The summed E-state index contributed by atoms with van der Waals surface area (Å²) in [4.78, 5) is 14.6.